The van der Waals surface area contributed by atoms with E-state index in [1.807, 2.05) is 66.8 Å². The molecule has 0 aliphatic rings. The Kier molecular flexibility index (Phi) is 4.44. The molecule has 0 bridgehead atoms. The third-order valence-electron chi connectivity index (χ3n) is 3.91. The molecule has 0 saturated heterocycles. The molecule has 0 radical (unpaired) electrons. The van der Waals surface area contributed by atoms with Crippen LogP contribution in [0.15, 0.2) is 53.9 Å². The Balaban J connectivity index is 1.90. The van der Waals surface area contributed by atoms with Crippen LogP contribution in [0, 0.1) is 5.82 Å². The van der Waals surface area contributed by atoms with Crippen LogP contribution in [0.5, 0.6) is 0 Å². The Hall–Kier alpha value is -2.20. The van der Waals surface area contributed by atoms with Crippen LogP contribution in [0.1, 0.15) is 24.1 Å². The molecule has 0 spiro atoms. The SMILES string of the molecule is CC(c1ccc(-c2ccccc2)c(F)c1)c1csc(N(C)C)n1. The topological polar surface area (TPSA) is 16.1 Å². The lowest BCUT2D eigenvalue weighted by Gasteiger charge is -2.12. The molecule has 0 N–H and O–H groups in total. The number of thiazole rings is 1. The van der Waals surface area contributed by atoms with Crippen molar-refractivity contribution in [2.45, 2.75) is 12.8 Å². The molecule has 3 aromatic rings. The molecule has 3 rings (SSSR count). The molecule has 0 saturated carbocycles. The molecule has 0 amide bonds. The van der Waals surface area contributed by atoms with Crippen molar-refractivity contribution >= 4 is 16.5 Å². The fourth-order valence-corrected chi connectivity index (χ4v) is 3.36. The first kappa shape index (κ1) is 15.7. The highest BCUT2D eigenvalue weighted by atomic mass is 32.1. The maximum Gasteiger partial charge on any atom is 0.184 e. The second kappa shape index (κ2) is 6.50. The van der Waals surface area contributed by atoms with E-state index >= 15 is 0 Å². The van der Waals surface area contributed by atoms with Crippen LogP contribution >= 0.6 is 11.3 Å². The summed E-state index contributed by atoms with van der Waals surface area (Å²) in [5.41, 5.74) is 3.45. The Morgan fingerprint density at radius 1 is 1.09 bits per heavy atom. The number of benzene rings is 2. The molecule has 4 heteroatoms. The first-order chi connectivity index (χ1) is 11.1. The van der Waals surface area contributed by atoms with Gasteiger partial charge in [-0.25, -0.2) is 9.37 Å². The van der Waals surface area contributed by atoms with Crippen molar-refractivity contribution in [3.63, 3.8) is 0 Å². The van der Waals surface area contributed by atoms with Crippen molar-refractivity contribution in [1.29, 1.82) is 0 Å². The number of aromatic nitrogens is 1. The molecule has 23 heavy (non-hydrogen) atoms. The van der Waals surface area contributed by atoms with Crippen LogP contribution in [0.25, 0.3) is 11.1 Å². The molecule has 1 heterocycles. The summed E-state index contributed by atoms with van der Waals surface area (Å²) in [7, 11) is 3.95. The van der Waals surface area contributed by atoms with Gasteiger partial charge in [-0.2, -0.15) is 0 Å². The number of halogens is 1. The van der Waals surface area contributed by atoms with Crippen LogP contribution < -0.4 is 4.90 Å². The largest absolute Gasteiger partial charge is 0.354 e. The summed E-state index contributed by atoms with van der Waals surface area (Å²) in [6.07, 6.45) is 0. The smallest absolute Gasteiger partial charge is 0.184 e. The summed E-state index contributed by atoms with van der Waals surface area (Å²) in [6.45, 7) is 2.06. The first-order valence-corrected chi connectivity index (χ1v) is 8.42. The molecule has 1 unspecified atom stereocenters. The van der Waals surface area contributed by atoms with Gasteiger partial charge >= 0.3 is 0 Å². The third-order valence-corrected chi connectivity index (χ3v) is 4.94. The van der Waals surface area contributed by atoms with Gasteiger partial charge in [-0.3, -0.25) is 0 Å². The van der Waals surface area contributed by atoms with E-state index in [9.17, 15) is 4.39 Å². The predicted octanol–water partition coefficient (Wildman–Crippen LogP) is 5.17. The van der Waals surface area contributed by atoms with Crippen molar-refractivity contribution in [2.24, 2.45) is 0 Å². The minimum absolute atomic E-state index is 0.0688. The van der Waals surface area contributed by atoms with Gasteiger partial charge in [0.2, 0.25) is 0 Å². The van der Waals surface area contributed by atoms with Crippen LogP contribution in [0.4, 0.5) is 9.52 Å². The summed E-state index contributed by atoms with van der Waals surface area (Å²) in [5, 5.41) is 3.01. The summed E-state index contributed by atoms with van der Waals surface area (Å²) < 4.78 is 14.5. The lowest BCUT2D eigenvalue weighted by Crippen LogP contribution is -2.08. The zero-order valence-electron chi connectivity index (χ0n) is 13.5. The van der Waals surface area contributed by atoms with Crippen LogP contribution in [-0.4, -0.2) is 19.1 Å². The average molecular weight is 326 g/mol. The van der Waals surface area contributed by atoms with Gasteiger partial charge in [0.25, 0.3) is 0 Å². The summed E-state index contributed by atoms with van der Waals surface area (Å²) in [5.74, 6) is -0.122. The zero-order chi connectivity index (χ0) is 16.4. The monoisotopic (exact) mass is 326 g/mol. The van der Waals surface area contributed by atoms with Gasteiger partial charge in [0.15, 0.2) is 5.13 Å². The first-order valence-electron chi connectivity index (χ1n) is 7.54. The molecule has 2 aromatic carbocycles. The third kappa shape index (κ3) is 3.27. The van der Waals surface area contributed by atoms with Gasteiger partial charge in [0.1, 0.15) is 5.82 Å². The maximum absolute atomic E-state index is 14.5. The van der Waals surface area contributed by atoms with E-state index in [0.717, 1.165) is 22.0 Å². The zero-order valence-corrected chi connectivity index (χ0v) is 14.3. The van der Waals surface area contributed by atoms with E-state index in [4.69, 9.17) is 0 Å². The lowest BCUT2D eigenvalue weighted by atomic mass is 9.95. The second-order valence-electron chi connectivity index (χ2n) is 5.78. The highest BCUT2D eigenvalue weighted by Gasteiger charge is 2.15. The van der Waals surface area contributed by atoms with Gasteiger partial charge in [-0.05, 0) is 17.2 Å². The standard InChI is InChI=1S/C19H19FN2S/c1-13(18-12-23-19(21-18)22(2)3)15-9-10-16(17(20)11-15)14-7-5-4-6-8-14/h4-13H,1-3H3. The number of nitrogens with zero attached hydrogens (tertiary/aromatic N) is 2. The van der Waals surface area contributed by atoms with E-state index in [0.29, 0.717) is 5.56 Å². The van der Waals surface area contributed by atoms with E-state index in [2.05, 4.69) is 11.9 Å². The molecule has 1 atom stereocenters. The molecule has 0 fully saturated rings. The summed E-state index contributed by atoms with van der Waals surface area (Å²) in [4.78, 5) is 6.60. The summed E-state index contributed by atoms with van der Waals surface area (Å²) in [6, 6.07) is 15.1. The Morgan fingerprint density at radius 3 is 2.43 bits per heavy atom. The molecule has 0 aliphatic carbocycles. The molecular weight excluding hydrogens is 307 g/mol. The number of hydrogen-bond donors (Lipinski definition) is 0. The number of hydrogen-bond acceptors (Lipinski definition) is 3. The van der Waals surface area contributed by atoms with E-state index in [-0.39, 0.29) is 11.7 Å². The van der Waals surface area contributed by atoms with Gasteiger partial charge < -0.3 is 4.90 Å². The van der Waals surface area contributed by atoms with Crippen LogP contribution in [0.2, 0.25) is 0 Å². The predicted molar refractivity (Wildman–Crippen MR) is 95.8 cm³/mol. The molecule has 2 nitrogen and oxygen atoms in total. The fourth-order valence-electron chi connectivity index (χ4n) is 2.50. The van der Waals surface area contributed by atoms with Crippen molar-refractivity contribution in [3.8, 4) is 11.1 Å². The Labute approximate surface area is 140 Å². The highest BCUT2D eigenvalue weighted by molar-refractivity contribution is 7.13. The summed E-state index contributed by atoms with van der Waals surface area (Å²) >= 11 is 1.61. The van der Waals surface area contributed by atoms with E-state index < -0.39 is 0 Å². The minimum atomic E-state index is -0.191. The normalized spacial score (nSPS) is 12.2. The van der Waals surface area contributed by atoms with Gasteiger partial charge in [-0.15, -0.1) is 11.3 Å². The molecule has 118 valence electrons. The fraction of sp³-hybridized carbons (Fsp3) is 0.211. The van der Waals surface area contributed by atoms with Crippen LogP contribution in [0.3, 0.4) is 0 Å². The van der Waals surface area contributed by atoms with Crippen molar-refractivity contribution in [1.82, 2.24) is 4.98 Å². The van der Waals surface area contributed by atoms with Crippen LogP contribution in [-0.2, 0) is 0 Å². The van der Waals surface area contributed by atoms with Crippen molar-refractivity contribution in [2.75, 3.05) is 19.0 Å². The average Bonchev–Trinajstić information content (AvgIpc) is 3.05. The van der Waals surface area contributed by atoms with Crippen molar-refractivity contribution in [3.05, 3.63) is 71.0 Å². The molecular formula is C19H19FN2S. The van der Waals surface area contributed by atoms with Gasteiger partial charge in [0.05, 0.1) is 5.69 Å². The Morgan fingerprint density at radius 2 is 1.83 bits per heavy atom. The second-order valence-corrected chi connectivity index (χ2v) is 6.61. The number of rotatable bonds is 4. The maximum atomic E-state index is 14.5. The molecule has 1 aromatic heterocycles. The minimum Gasteiger partial charge on any atom is -0.354 e. The van der Waals surface area contributed by atoms with Crippen molar-refractivity contribution < 1.29 is 4.39 Å². The van der Waals surface area contributed by atoms with Gasteiger partial charge in [0, 0.05) is 31.0 Å². The number of anilines is 1. The van der Waals surface area contributed by atoms with Gasteiger partial charge in [-0.1, -0.05) is 49.4 Å². The highest BCUT2D eigenvalue weighted by Crippen LogP contribution is 2.31. The lowest BCUT2D eigenvalue weighted by molar-refractivity contribution is 0.627. The van der Waals surface area contributed by atoms with E-state index in [1.54, 1.807) is 17.4 Å². The van der Waals surface area contributed by atoms with E-state index in [1.165, 1.54) is 0 Å². The molecule has 0 aliphatic heterocycles. The quantitative estimate of drug-likeness (QED) is 0.658. The Bertz CT molecular complexity index is 796.